The lowest BCUT2D eigenvalue weighted by atomic mass is 10.1. The maximum absolute atomic E-state index is 11.6. The molecule has 0 heterocycles. The molecule has 1 unspecified atom stereocenters. The Kier molecular flexibility index (Phi) is 4.57. The molecule has 0 radical (unpaired) electrons. The minimum atomic E-state index is -0.593. The van der Waals surface area contributed by atoms with Crippen molar-refractivity contribution in [1.82, 2.24) is 10.6 Å². The Labute approximate surface area is 117 Å². The summed E-state index contributed by atoms with van der Waals surface area (Å²) in [5, 5.41) is 17.4. The van der Waals surface area contributed by atoms with Crippen molar-refractivity contribution in [3.63, 3.8) is 0 Å². The second-order valence-electron chi connectivity index (χ2n) is 4.95. The highest BCUT2D eigenvalue weighted by Crippen LogP contribution is 2.18. The van der Waals surface area contributed by atoms with Crippen LogP contribution < -0.4 is 16.0 Å². The molecular formula is C14H19N3O3. The number of carbonyl (C=O) groups is 2. The summed E-state index contributed by atoms with van der Waals surface area (Å²) in [5.74, 6) is -0.180. The first-order valence-electron chi connectivity index (χ1n) is 6.67. The van der Waals surface area contributed by atoms with Crippen LogP contribution in [0, 0.1) is 0 Å². The van der Waals surface area contributed by atoms with E-state index in [4.69, 9.17) is 0 Å². The molecule has 1 aliphatic rings. The van der Waals surface area contributed by atoms with Gasteiger partial charge in [0.1, 0.15) is 0 Å². The summed E-state index contributed by atoms with van der Waals surface area (Å²) < 4.78 is 0. The van der Waals surface area contributed by atoms with Gasteiger partial charge in [-0.05, 0) is 37.5 Å². The van der Waals surface area contributed by atoms with E-state index in [2.05, 4.69) is 16.0 Å². The van der Waals surface area contributed by atoms with Gasteiger partial charge in [0.05, 0.1) is 12.6 Å². The number of hydrogen-bond donors (Lipinski definition) is 4. The van der Waals surface area contributed by atoms with Gasteiger partial charge < -0.3 is 21.1 Å². The lowest BCUT2D eigenvalue weighted by molar-refractivity contribution is -0.120. The summed E-state index contributed by atoms with van der Waals surface area (Å²) in [4.78, 5) is 23.0. The van der Waals surface area contributed by atoms with Gasteiger partial charge in [0, 0.05) is 11.7 Å². The topological polar surface area (TPSA) is 90.5 Å². The van der Waals surface area contributed by atoms with E-state index in [1.54, 1.807) is 31.2 Å². The Balaban J connectivity index is 1.78. The minimum absolute atomic E-state index is 0.0432. The Morgan fingerprint density at radius 1 is 1.40 bits per heavy atom. The number of aliphatic hydroxyl groups is 1. The first kappa shape index (κ1) is 14.3. The predicted molar refractivity (Wildman–Crippen MR) is 75.3 cm³/mol. The molecule has 6 heteroatoms. The second kappa shape index (κ2) is 6.38. The number of rotatable bonds is 5. The van der Waals surface area contributed by atoms with Crippen LogP contribution >= 0.6 is 0 Å². The molecule has 0 aliphatic heterocycles. The normalized spacial score (nSPS) is 15.3. The van der Waals surface area contributed by atoms with Gasteiger partial charge in [0.25, 0.3) is 0 Å². The first-order valence-corrected chi connectivity index (χ1v) is 6.67. The Morgan fingerprint density at radius 2 is 2.15 bits per heavy atom. The van der Waals surface area contributed by atoms with Crippen molar-refractivity contribution in [2.24, 2.45) is 0 Å². The molecule has 20 heavy (non-hydrogen) atoms. The molecular weight excluding hydrogens is 258 g/mol. The average molecular weight is 277 g/mol. The highest BCUT2D eigenvalue weighted by Gasteiger charge is 2.23. The number of nitrogens with one attached hydrogen (secondary N) is 3. The fraction of sp³-hybridized carbons (Fsp3) is 0.429. The molecule has 1 aromatic rings. The van der Waals surface area contributed by atoms with Gasteiger partial charge in [-0.2, -0.15) is 0 Å². The highest BCUT2D eigenvalue weighted by atomic mass is 16.3. The number of amides is 3. The SMILES string of the molecule is CC(O)c1cccc(NC(=O)NCC(=O)NC2CC2)c1. The van der Waals surface area contributed by atoms with E-state index < -0.39 is 12.1 Å². The Hall–Kier alpha value is -2.08. The third-order valence-electron chi connectivity index (χ3n) is 2.98. The molecule has 1 fully saturated rings. The van der Waals surface area contributed by atoms with Gasteiger partial charge in [-0.3, -0.25) is 4.79 Å². The number of benzene rings is 1. The molecule has 1 aromatic carbocycles. The average Bonchev–Trinajstić information content (AvgIpc) is 3.20. The van der Waals surface area contributed by atoms with Gasteiger partial charge in [-0.25, -0.2) is 4.79 Å². The molecule has 6 nitrogen and oxygen atoms in total. The van der Waals surface area contributed by atoms with Crippen LogP contribution in [0.25, 0.3) is 0 Å². The summed E-state index contributed by atoms with van der Waals surface area (Å²) in [6, 6.07) is 6.77. The fourth-order valence-corrected chi connectivity index (χ4v) is 1.72. The molecule has 2 rings (SSSR count). The smallest absolute Gasteiger partial charge is 0.319 e. The third-order valence-corrected chi connectivity index (χ3v) is 2.98. The summed E-state index contributed by atoms with van der Waals surface area (Å²) >= 11 is 0. The first-order chi connectivity index (χ1) is 9.54. The quantitative estimate of drug-likeness (QED) is 0.650. The summed E-state index contributed by atoms with van der Waals surface area (Å²) in [5.41, 5.74) is 1.29. The Morgan fingerprint density at radius 3 is 2.80 bits per heavy atom. The zero-order valence-corrected chi connectivity index (χ0v) is 11.3. The lowest BCUT2D eigenvalue weighted by Gasteiger charge is -2.10. The number of anilines is 1. The van der Waals surface area contributed by atoms with Crippen molar-refractivity contribution in [1.29, 1.82) is 0 Å². The molecule has 1 atom stereocenters. The van der Waals surface area contributed by atoms with Crippen molar-refractivity contribution >= 4 is 17.6 Å². The zero-order chi connectivity index (χ0) is 14.5. The standard InChI is InChI=1S/C14H19N3O3/c1-9(18)10-3-2-4-12(7-10)17-14(20)15-8-13(19)16-11-5-6-11/h2-4,7,9,11,18H,5-6,8H2,1H3,(H,16,19)(H2,15,17,20). The lowest BCUT2D eigenvalue weighted by Crippen LogP contribution is -2.39. The van der Waals surface area contributed by atoms with Gasteiger partial charge in [0.15, 0.2) is 0 Å². The molecule has 0 bridgehead atoms. The van der Waals surface area contributed by atoms with E-state index in [1.165, 1.54) is 0 Å². The second-order valence-corrected chi connectivity index (χ2v) is 4.95. The molecule has 108 valence electrons. The van der Waals surface area contributed by atoms with Gasteiger partial charge >= 0.3 is 6.03 Å². The number of carbonyl (C=O) groups excluding carboxylic acids is 2. The van der Waals surface area contributed by atoms with Gasteiger partial charge in [0.2, 0.25) is 5.91 Å². The van der Waals surface area contributed by atoms with E-state index in [0.29, 0.717) is 11.3 Å². The predicted octanol–water partition coefficient (Wildman–Crippen LogP) is 1.14. The van der Waals surface area contributed by atoms with Gasteiger partial charge in [-0.1, -0.05) is 12.1 Å². The number of hydrogen-bond acceptors (Lipinski definition) is 3. The van der Waals surface area contributed by atoms with Crippen LogP contribution in [0.4, 0.5) is 10.5 Å². The van der Waals surface area contributed by atoms with Crippen molar-refractivity contribution in [3.8, 4) is 0 Å². The Bertz CT molecular complexity index is 498. The van der Waals surface area contributed by atoms with Crippen molar-refractivity contribution in [2.45, 2.75) is 31.9 Å². The minimum Gasteiger partial charge on any atom is -0.389 e. The van der Waals surface area contributed by atoms with E-state index >= 15 is 0 Å². The van der Waals surface area contributed by atoms with Crippen molar-refractivity contribution in [2.75, 3.05) is 11.9 Å². The summed E-state index contributed by atoms with van der Waals surface area (Å²) in [7, 11) is 0. The van der Waals surface area contributed by atoms with Crippen molar-refractivity contribution < 1.29 is 14.7 Å². The van der Waals surface area contributed by atoms with Crippen LogP contribution in [0.15, 0.2) is 24.3 Å². The van der Waals surface area contributed by atoms with E-state index in [9.17, 15) is 14.7 Å². The third kappa shape index (κ3) is 4.55. The summed E-state index contributed by atoms with van der Waals surface area (Å²) in [6.45, 7) is 1.61. The van der Waals surface area contributed by atoms with Gasteiger partial charge in [-0.15, -0.1) is 0 Å². The van der Waals surface area contributed by atoms with E-state index in [0.717, 1.165) is 12.8 Å². The zero-order valence-electron chi connectivity index (χ0n) is 11.3. The summed E-state index contributed by atoms with van der Waals surface area (Å²) in [6.07, 6.45) is 1.44. The van der Waals surface area contributed by atoms with Crippen molar-refractivity contribution in [3.05, 3.63) is 29.8 Å². The maximum atomic E-state index is 11.6. The number of aliphatic hydroxyl groups excluding tert-OH is 1. The molecule has 0 saturated heterocycles. The van der Waals surface area contributed by atoms with Crippen LogP contribution in [0.2, 0.25) is 0 Å². The van der Waals surface area contributed by atoms with Crippen LogP contribution in [0.5, 0.6) is 0 Å². The largest absolute Gasteiger partial charge is 0.389 e. The molecule has 0 aromatic heterocycles. The van der Waals surface area contributed by atoms with Crippen LogP contribution in [0.3, 0.4) is 0 Å². The van der Waals surface area contributed by atoms with E-state index in [-0.39, 0.29) is 18.5 Å². The molecule has 3 amide bonds. The highest BCUT2D eigenvalue weighted by molar-refractivity contribution is 5.92. The van der Waals surface area contributed by atoms with Crippen LogP contribution in [-0.4, -0.2) is 29.6 Å². The molecule has 1 aliphatic carbocycles. The maximum Gasteiger partial charge on any atom is 0.319 e. The van der Waals surface area contributed by atoms with Crippen LogP contribution in [-0.2, 0) is 4.79 Å². The molecule has 4 N–H and O–H groups in total. The monoisotopic (exact) mass is 277 g/mol. The molecule has 0 spiro atoms. The molecule has 1 saturated carbocycles. The van der Waals surface area contributed by atoms with Crippen LogP contribution in [0.1, 0.15) is 31.4 Å². The fourth-order valence-electron chi connectivity index (χ4n) is 1.72. The van der Waals surface area contributed by atoms with E-state index in [1.807, 2.05) is 0 Å². The number of urea groups is 1.